The number of halogens is 3. The second-order valence-corrected chi connectivity index (χ2v) is 7.19. The first-order valence-corrected chi connectivity index (χ1v) is 9.79. The molecule has 1 fully saturated rings. The molecule has 0 spiro atoms. The number of carbonyl (C=O) groups is 1. The second-order valence-electron chi connectivity index (χ2n) is 6.52. The lowest BCUT2D eigenvalue weighted by molar-refractivity contribution is -0.136. The molecule has 1 aliphatic heterocycles. The van der Waals surface area contributed by atoms with Crippen molar-refractivity contribution in [2.24, 2.45) is 0 Å². The predicted octanol–water partition coefficient (Wildman–Crippen LogP) is 2.26. The summed E-state index contributed by atoms with van der Waals surface area (Å²) in [7, 11) is 0. The van der Waals surface area contributed by atoms with Gasteiger partial charge in [0.2, 0.25) is 0 Å². The minimum Gasteiger partial charge on any atom is -0.755 e. The number of nitrogens with zero attached hydrogens (tertiary/aromatic N) is 3. The molecular formula is C18H18F3N4O3S-. The number of aromatic nitrogens is 1. The van der Waals surface area contributed by atoms with Gasteiger partial charge in [0, 0.05) is 61.9 Å². The minimum atomic E-state index is -4.80. The van der Waals surface area contributed by atoms with E-state index >= 15 is 0 Å². The lowest BCUT2D eigenvalue weighted by Crippen LogP contribution is -2.48. The number of pyridine rings is 1. The number of amides is 1. The van der Waals surface area contributed by atoms with Crippen LogP contribution in [0.3, 0.4) is 0 Å². The molecule has 0 saturated carbocycles. The van der Waals surface area contributed by atoms with Crippen molar-refractivity contribution in [3.05, 3.63) is 59.4 Å². The molecular weight excluding hydrogens is 409 g/mol. The second kappa shape index (κ2) is 8.89. The highest BCUT2D eigenvalue weighted by molar-refractivity contribution is 7.80. The van der Waals surface area contributed by atoms with Crippen LogP contribution in [0.5, 0.6) is 0 Å². The smallest absolute Gasteiger partial charge is 0.418 e. The number of anilines is 1. The molecule has 1 aliphatic rings. The molecule has 29 heavy (non-hydrogen) atoms. The lowest BCUT2D eigenvalue weighted by atomic mass is 10.1. The van der Waals surface area contributed by atoms with Crippen LogP contribution in [0.1, 0.15) is 21.5 Å². The van der Waals surface area contributed by atoms with E-state index in [-0.39, 0.29) is 5.56 Å². The van der Waals surface area contributed by atoms with Gasteiger partial charge in [-0.05, 0) is 35.9 Å². The number of piperazine rings is 1. The van der Waals surface area contributed by atoms with E-state index in [1.807, 2.05) is 12.1 Å². The van der Waals surface area contributed by atoms with Crippen molar-refractivity contribution in [2.75, 3.05) is 30.9 Å². The van der Waals surface area contributed by atoms with Gasteiger partial charge in [0.05, 0.1) is 11.3 Å². The van der Waals surface area contributed by atoms with Crippen molar-refractivity contribution in [1.82, 2.24) is 14.8 Å². The van der Waals surface area contributed by atoms with Crippen LogP contribution in [-0.4, -0.2) is 55.6 Å². The number of alkyl halides is 3. The van der Waals surface area contributed by atoms with Gasteiger partial charge in [-0.1, -0.05) is 0 Å². The van der Waals surface area contributed by atoms with Crippen molar-refractivity contribution in [3.8, 4) is 0 Å². The zero-order valence-electron chi connectivity index (χ0n) is 15.2. The third kappa shape index (κ3) is 5.52. The van der Waals surface area contributed by atoms with Crippen LogP contribution in [0.15, 0.2) is 42.7 Å². The maximum Gasteiger partial charge on any atom is 0.418 e. The van der Waals surface area contributed by atoms with Gasteiger partial charge in [-0.15, -0.1) is 0 Å². The number of benzene rings is 1. The fraction of sp³-hybridized carbons (Fsp3) is 0.333. The van der Waals surface area contributed by atoms with Gasteiger partial charge in [0.25, 0.3) is 5.91 Å². The molecule has 1 amide bonds. The Hall–Kier alpha value is -2.50. The molecule has 0 radical (unpaired) electrons. The summed E-state index contributed by atoms with van der Waals surface area (Å²) in [5.41, 5.74) is -0.871. The van der Waals surface area contributed by atoms with E-state index < -0.39 is 34.6 Å². The number of hydrogen-bond donors (Lipinski definition) is 1. The van der Waals surface area contributed by atoms with E-state index in [1.165, 1.54) is 11.0 Å². The zero-order valence-corrected chi connectivity index (χ0v) is 16.0. The van der Waals surface area contributed by atoms with Gasteiger partial charge >= 0.3 is 6.18 Å². The van der Waals surface area contributed by atoms with E-state index in [1.54, 1.807) is 17.1 Å². The molecule has 1 atom stereocenters. The average Bonchev–Trinajstić information content (AvgIpc) is 2.68. The minimum absolute atomic E-state index is 0.137. The molecule has 0 bridgehead atoms. The van der Waals surface area contributed by atoms with Crippen LogP contribution in [0, 0.1) is 0 Å². The third-order valence-electron chi connectivity index (χ3n) is 4.58. The van der Waals surface area contributed by atoms with Crippen LogP contribution < -0.4 is 4.72 Å². The Labute approximate surface area is 167 Å². The maximum absolute atomic E-state index is 13.3. The molecule has 156 valence electrons. The first-order chi connectivity index (χ1) is 13.7. The number of nitrogens with one attached hydrogen (secondary N) is 1. The van der Waals surface area contributed by atoms with Gasteiger partial charge in [-0.3, -0.25) is 18.9 Å². The normalized spacial score (nSPS) is 16.5. The van der Waals surface area contributed by atoms with Crippen molar-refractivity contribution >= 4 is 22.9 Å². The fourth-order valence-electron chi connectivity index (χ4n) is 3.13. The van der Waals surface area contributed by atoms with Crippen LogP contribution >= 0.6 is 0 Å². The fourth-order valence-corrected chi connectivity index (χ4v) is 3.49. The Morgan fingerprint density at radius 1 is 1.14 bits per heavy atom. The summed E-state index contributed by atoms with van der Waals surface area (Å²) < 4.78 is 62.9. The molecule has 11 heteroatoms. The van der Waals surface area contributed by atoms with Gasteiger partial charge in [0.1, 0.15) is 0 Å². The number of hydrogen-bond acceptors (Lipinski definition) is 5. The summed E-state index contributed by atoms with van der Waals surface area (Å²) in [6.07, 6.45) is -1.40. The maximum atomic E-state index is 13.3. The van der Waals surface area contributed by atoms with E-state index in [0.29, 0.717) is 38.8 Å². The quantitative estimate of drug-likeness (QED) is 0.740. The molecule has 1 unspecified atom stereocenters. The first kappa shape index (κ1) is 21.2. The van der Waals surface area contributed by atoms with Gasteiger partial charge in [-0.2, -0.15) is 13.2 Å². The average molecular weight is 427 g/mol. The monoisotopic (exact) mass is 427 g/mol. The summed E-state index contributed by atoms with van der Waals surface area (Å²) in [6.45, 7) is 2.66. The van der Waals surface area contributed by atoms with Crippen molar-refractivity contribution in [3.63, 3.8) is 0 Å². The molecule has 2 aromatic rings. The summed E-state index contributed by atoms with van der Waals surface area (Å²) in [5.74, 6) is -0.520. The molecule has 2 heterocycles. The lowest BCUT2D eigenvalue weighted by Gasteiger charge is -2.35. The Bertz CT molecular complexity index is 888. The van der Waals surface area contributed by atoms with E-state index in [2.05, 4.69) is 9.88 Å². The standard InChI is InChI=1S/C18H19F3N4O3S/c19-18(20,21)15-11-14(1-2-16(15)23-29(27)28)17(26)25-9-7-24(8-10-25)12-13-3-5-22-6-4-13/h1-6,11,23H,7-10,12H2,(H,27,28)/p-1. The molecule has 3 rings (SSSR count). The summed E-state index contributed by atoms with van der Waals surface area (Å²) >= 11 is -2.91. The van der Waals surface area contributed by atoms with Crippen LogP contribution in [0.4, 0.5) is 18.9 Å². The van der Waals surface area contributed by atoms with E-state index in [0.717, 1.165) is 11.6 Å². The van der Waals surface area contributed by atoms with Crippen molar-refractivity contribution in [2.45, 2.75) is 12.7 Å². The van der Waals surface area contributed by atoms with Crippen LogP contribution in [0.2, 0.25) is 0 Å². The SMILES string of the molecule is O=C(c1ccc(NS(=O)[O-])c(C(F)(F)F)c1)N1CCN(Cc2ccncc2)CC1. The summed E-state index contributed by atoms with van der Waals surface area (Å²) in [6, 6.07) is 6.63. The molecule has 1 N–H and O–H groups in total. The predicted molar refractivity (Wildman–Crippen MR) is 99.4 cm³/mol. The Kier molecular flexibility index (Phi) is 6.50. The highest BCUT2D eigenvalue weighted by Gasteiger charge is 2.35. The number of carbonyl (C=O) groups excluding carboxylic acids is 1. The highest BCUT2D eigenvalue weighted by Crippen LogP contribution is 2.36. The van der Waals surface area contributed by atoms with Crippen LogP contribution in [0.25, 0.3) is 0 Å². The molecule has 1 aromatic carbocycles. The zero-order chi connectivity index (χ0) is 21.0. The Balaban J connectivity index is 1.68. The Morgan fingerprint density at radius 2 is 1.79 bits per heavy atom. The largest absolute Gasteiger partial charge is 0.755 e. The van der Waals surface area contributed by atoms with Gasteiger partial charge in [-0.25, -0.2) is 0 Å². The summed E-state index contributed by atoms with van der Waals surface area (Å²) in [5, 5.41) is 0. The first-order valence-electron chi connectivity index (χ1n) is 8.72. The van der Waals surface area contributed by atoms with Gasteiger partial charge in [0.15, 0.2) is 0 Å². The highest BCUT2D eigenvalue weighted by atomic mass is 32.2. The van der Waals surface area contributed by atoms with Crippen molar-refractivity contribution < 1.29 is 26.7 Å². The molecule has 0 aliphatic carbocycles. The molecule has 1 saturated heterocycles. The Morgan fingerprint density at radius 3 is 2.38 bits per heavy atom. The van der Waals surface area contributed by atoms with Gasteiger partial charge < -0.3 is 14.2 Å². The van der Waals surface area contributed by atoms with Crippen LogP contribution in [-0.2, 0) is 24.0 Å². The third-order valence-corrected chi connectivity index (χ3v) is 4.97. The molecule has 1 aromatic heterocycles. The van der Waals surface area contributed by atoms with E-state index in [4.69, 9.17) is 0 Å². The number of rotatable bonds is 5. The molecule has 7 nitrogen and oxygen atoms in total. The van der Waals surface area contributed by atoms with E-state index in [9.17, 15) is 26.7 Å². The topological polar surface area (TPSA) is 88.6 Å². The van der Waals surface area contributed by atoms with Crippen molar-refractivity contribution in [1.29, 1.82) is 0 Å². The summed E-state index contributed by atoms with van der Waals surface area (Å²) in [4.78, 5) is 20.3.